The first kappa shape index (κ1) is 15.1. The van der Waals surface area contributed by atoms with Crippen molar-refractivity contribution in [3.05, 3.63) is 35.6 Å². The molecular formula is C15H24FNO. The van der Waals surface area contributed by atoms with Crippen LogP contribution in [-0.4, -0.2) is 19.3 Å². The maximum absolute atomic E-state index is 13.4. The number of hydrogen-bond donors (Lipinski definition) is 1. The van der Waals surface area contributed by atoms with E-state index in [1.165, 1.54) is 6.07 Å². The van der Waals surface area contributed by atoms with Gasteiger partial charge in [-0.1, -0.05) is 32.0 Å². The van der Waals surface area contributed by atoms with Crippen LogP contribution in [0.15, 0.2) is 24.3 Å². The Kier molecular flexibility index (Phi) is 6.91. The van der Waals surface area contributed by atoms with Gasteiger partial charge in [0, 0.05) is 19.3 Å². The van der Waals surface area contributed by atoms with E-state index in [9.17, 15) is 4.39 Å². The number of halogens is 1. The molecule has 1 rings (SSSR count). The van der Waals surface area contributed by atoms with Crippen molar-refractivity contribution in [3.63, 3.8) is 0 Å². The smallest absolute Gasteiger partial charge is 0.126 e. The summed E-state index contributed by atoms with van der Waals surface area (Å²) in [5.41, 5.74) is 6.66. The Morgan fingerprint density at radius 2 is 1.83 bits per heavy atom. The molecule has 0 spiro atoms. The van der Waals surface area contributed by atoms with E-state index < -0.39 is 0 Å². The summed E-state index contributed by atoms with van der Waals surface area (Å²) >= 11 is 0. The van der Waals surface area contributed by atoms with E-state index >= 15 is 0 Å². The largest absolute Gasteiger partial charge is 0.381 e. The van der Waals surface area contributed by atoms with Crippen LogP contribution in [0.3, 0.4) is 0 Å². The van der Waals surface area contributed by atoms with Crippen molar-refractivity contribution < 1.29 is 9.13 Å². The molecule has 0 amide bonds. The monoisotopic (exact) mass is 253 g/mol. The zero-order chi connectivity index (χ0) is 13.4. The number of nitrogens with two attached hydrogens (primary N) is 1. The highest BCUT2D eigenvalue weighted by Gasteiger charge is 2.07. The lowest BCUT2D eigenvalue weighted by Crippen LogP contribution is -2.25. The van der Waals surface area contributed by atoms with Gasteiger partial charge >= 0.3 is 0 Å². The minimum absolute atomic E-state index is 0.0408. The highest BCUT2D eigenvalue weighted by atomic mass is 19.1. The summed E-state index contributed by atoms with van der Waals surface area (Å²) in [7, 11) is 0. The Morgan fingerprint density at radius 1 is 1.17 bits per heavy atom. The van der Waals surface area contributed by atoms with Gasteiger partial charge in [-0.2, -0.15) is 0 Å². The van der Waals surface area contributed by atoms with Crippen molar-refractivity contribution in [3.8, 4) is 0 Å². The third-order valence-electron chi connectivity index (χ3n) is 2.91. The second kappa shape index (κ2) is 8.22. The summed E-state index contributed by atoms with van der Waals surface area (Å²) in [6.45, 7) is 5.78. The fourth-order valence-corrected chi connectivity index (χ4v) is 1.70. The molecule has 0 aromatic heterocycles. The van der Waals surface area contributed by atoms with Crippen molar-refractivity contribution >= 4 is 0 Å². The Hall–Kier alpha value is -0.930. The maximum Gasteiger partial charge on any atom is 0.126 e. The minimum Gasteiger partial charge on any atom is -0.381 e. The number of rotatable bonds is 8. The van der Waals surface area contributed by atoms with Crippen LogP contribution in [0, 0.1) is 11.7 Å². The second-order valence-electron chi connectivity index (χ2n) is 5.14. The summed E-state index contributed by atoms with van der Waals surface area (Å²) in [6.07, 6.45) is 2.41. The van der Waals surface area contributed by atoms with Crippen LogP contribution in [-0.2, 0) is 11.2 Å². The Labute approximate surface area is 109 Å². The predicted molar refractivity (Wildman–Crippen MR) is 73.0 cm³/mol. The molecule has 0 aliphatic rings. The number of benzene rings is 1. The van der Waals surface area contributed by atoms with E-state index in [0.29, 0.717) is 24.5 Å². The average Bonchev–Trinajstić information content (AvgIpc) is 2.31. The van der Waals surface area contributed by atoms with E-state index in [0.717, 1.165) is 19.4 Å². The first-order valence-corrected chi connectivity index (χ1v) is 6.66. The number of hydrogen-bond acceptors (Lipinski definition) is 2. The van der Waals surface area contributed by atoms with Crippen LogP contribution < -0.4 is 5.73 Å². The molecule has 0 bridgehead atoms. The van der Waals surface area contributed by atoms with Crippen LogP contribution in [0.4, 0.5) is 4.39 Å². The first-order valence-electron chi connectivity index (χ1n) is 6.66. The van der Waals surface area contributed by atoms with Gasteiger partial charge in [0.2, 0.25) is 0 Å². The van der Waals surface area contributed by atoms with Gasteiger partial charge in [0.1, 0.15) is 5.82 Å². The molecule has 1 aromatic carbocycles. The molecule has 2 N–H and O–H groups in total. The summed E-state index contributed by atoms with van der Waals surface area (Å²) in [5, 5.41) is 0. The predicted octanol–water partition coefficient (Wildman–Crippen LogP) is 3.15. The molecule has 1 atom stereocenters. The van der Waals surface area contributed by atoms with Gasteiger partial charge in [-0.15, -0.1) is 0 Å². The minimum atomic E-state index is -0.173. The molecule has 0 aliphatic heterocycles. The van der Waals surface area contributed by atoms with E-state index in [-0.39, 0.29) is 11.9 Å². The lowest BCUT2D eigenvalue weighted by Gasteiger charge is -2.13. The lowest BCUT2D eigenvalue weighted by molar-refractivity contribution is 0.117. The van der Waals surface area contributed by atoms with E-state index in [2.05, 4.69) is 13.8 Å². The van der Waals surface area contributed by atoms with Gasteiger partial charge in [-0.25, -0.2) is 4.39 Å². The first-order chi connectivity index (χ1) is 8.59. The van der Waals surface area contributed by atoms with Crippen molar-refractivity contribution in [2.45, 2.75) is 39.2 Å². The zero-order valence-corrected chi connectivity index (χ0v) is 11.4. The quantitative estimate of drug-likeness (QED) is 0.722. The van der Waals surface area contributed by atoms with E-state index in [1.54, 1.807) is 12.1 Å². The molecule has 1 aromatic rings. The third kappa shape index (κ3) is 6.12. The average molecular weight is 253 g/mol. The fourth-order valence-electron chi connectivity index (χ4n) is 1.70. The summed E-state index contributed by atoms with van der Waals surface area (Å²) in [4.78, 5) is 0. The maximum atomic E-state index is 13.4. The molecule has 0 radical (unpaired) electrons. The molecule has 0 heterocycles. The normalized spacial score (nSPS) is 12.9. The van der Waals surface area contributed by atoms with E-state index in [4.69, 9.17) is 10.5 Å². The van der Waals surface area contributed by atoms with Gasteiger partial charge in [-0.05, 0) is 36.8 Å². The highest BCUT2D eigenvalue weighted by Crippen LogP contribution is 2.10. The van der Waals surface area contributed by atoms with Crippen LogP contribution in [0.2, 0.25) is 0 Å². The molecule has 0 saturated carbocycles. The standard InChI is InChI=1S/C15H24FNO/c1-12(2)7-9-18-10-8-14(17)11-13-5-3-4-6-15(13)16/h3-6,12,14H,7-11,17H2,1-2H3. The molecule has 0 saturated heterocycles. The number of ether oxygens (including phenoxy) is 1. The van der Waals surface area contributed by atoms with Crippen LogP contribution >= 0.6 is 0 Å². The van der Waals surface area contributed by atoms with Crippen molar-refractivity contribution in [1.82, 2.24) is 0 Å². The summed E-state index contributed by atoms with van der Waals surface area (Å²) in [6, 6.07) is 6.75. The SMILES string of the molecule is CC(C)CCOCCC(N)Cc1ccccc1F. The summed E-state index contributed by atoms with van der Waals surface area (Å²) in [5.74, 6) is 0.491. The van der Waals surface area contributed by atoms with Crippen LogP contribution in [0.5, 0.6) is 0 Å². The molecule has 0 aliphatic carbocycles. The molecule has 1 unspecified atom stereocenters. The zero-order valence-electron chi connectivity index (χ0n) is 11.4. The molecule has 18 heavy (non-hydrogen) atoms. The molecule has 3 heteroatoms. The summed E-state index contributed by atoms with van der Waals surface area (Å²) < 4.78 is 18.9. The molecule has 102 valence electrons. The Morgan fingerprint density at radius 3 is 2.50 bits per heavy atom. The van der Waals surface area contributed by atoms with E-state index in [1.807, 2.05) is 6.07 Å². The van der Waals surface area contributed by atoms with Crippen LogP contribution in [0.1, 0.15) is 32.3 Å². The second-order valence-corrected chi connectivity index (χ2v) is 5.14. The Balaban J connectivity index is 2.18. The van der Waals surface area contributed by atoms with Crippen molar-refractivity contribution in [2.75, 3.05) is 13.2 Å². The highest BCUT2D eigenvalue weighted by molar-refractivity contribution is 5.18. The van der Waals surface area contributed by atoms with Crippen molar-refractivity contribution in [1.29, 1.82) is 0 Å². The molecule has 2 nitrogen and oxygen atoms in total. The fraction of sp³-hybridized carbons (Fsp3) is 0.600. The van der Waals surface area contributed by atoms with Gasteiger partial charge in [0.05, 0.1) is 0 Å². The molecular weight excluding hydrogens is 229 g/mol. The molecule has 0 fully saturated rings. The van der Waals surface area contributed by atoms with Crippen molar-refractivity contribution in [2.24, 2.45) is 11.7 Å². The Bertz CT molecular complexity index is 341. The van der Waals surface area contributed by atoms with Crippen LogP contribution in [0.25, 0.3) is 0 Å². The third-order valence-corrected chi connectivity index (χ3v) is 2.91. The lowest BCUT2D eigenvalue weighted by atomic mass is 10.0. The van der Waals surface area contributed by atoms with Gasteiger partial charge in [0.15, 0.2) is 0 Å². The van der Waals surface area contributed by atoms with Gasteiger partial charge in [-0.3, -0.25) is 0 Å². The van der Waals surface area contributed by atoms with Gasteiger partial charge in [0.25, 0.3) is 0 Å². The topological polar surface area (TPSA) is 35.2 Å². The van der Waals surface area contributed by atoms with Gasteiger partial charge < -0.3 is 10.5 Å².